The largest absolute Gasteiger partial charge is 0.368 e. The van der Waals surface area contributed by atoms with Gasteiger partial charge in [-0.2, -0.15) is 0 Å². The van der Waals surface area contributed by atoms with Gasteiger partial charge in [0, 0.05) is 38.4 Å². The van der Waals surface area contributed by atoms with Crippen molar-refractivity contribution < 1.29 is 4.39 Å². The van der Waals surface area contributed by atoms with Crippen molar-refractivity contribution in [1.82, 2.24) is 9.88 Å². The molecule has 1 atom stereocenters. The van der Waals surface area contributed by atoms with E-state index in [9.17, 15) is 0 Å². The Morgan fingerprint density at radius 2 is 2.10 bits per heavy atom. The number of benzene rings is 1. The quantitative estimate of drug-likeness (QED) is 0.240. The van der Waals surface area contributed by atoms with Gasteiger partial charge in [0.15, 0.2) is 5.84 Å². The lowest BCUT2D eigenvalue weighted by Gasteiger charge is -2.41. The van der Waals surface area contributed by atoms with Crippen LogP contribution in [0, 0.1) is 24.1 Å². The second-order valence-electron chi connectivity index (χ2n) is 8.72. The van der Waals surface area contributed by atoms with Crippen LogP contribution in [-0.4, -0.2) is 41.4 Å². The number of rotatable bonds is 6. The van der Waals surface area contributed by atoms with Crippen LogP contribution in [0.1, 0.15) is 43.2 Å². The van der Waals surface area contributed by atoms with Gasteiger partial charge >= 0.3 is 0 Å². The highest BCUT2D eigenvalue weighted by molar-refractivity contribution is 6.02. The Morgan fingerprint density at radius 1 is 1.32 bits per heavy atom. The molecule has 7 nitrogen and oxygen atoms in total. The number of nitrogens with one attached hydrogen (secondary N) is 1. The number of amidine groups is 1. The molecular weight excluding hydrogens is 393 g/mol. The minimum Gasteiger partial charge on any atom is -0.368 e. The molecule has 1 saturated heterocycles. The van der Waals surface area contributed by atoms with Gasteiger partial charge in [-0.15, -0.1) is 5.11 Å². The van der Waals surface area contributed by atoms with E-state index in [1.165, 1.54) is 11.6 Å². The van der Waals surface area contributed by atoms with E-state index < -0.39 is 5.82 Å². The number of aryl methyl sites for hydroxylation is 1. The lowest BCUT2D eigenvalue weighted by atomic mass is 9.98. The SMILES string of the molecule is Cc1ccnc(CN2CCN(c3cc(CC(C)C)cc(F)c3C(=N)N=NN)C[C@@H]2C)c1. The first-order chi connectivity index (χ1) is 14.8. The monoisotopic (exact) mass is 425 g/mol. The number of nitrogens with two attached hydrogens (primary N) is 1. The van der Waals surface area contributed by atoms with E-state index in [1.54, 1.807) is 0 Å². The molecule has 8 heteroatoms. The molecule has 1 aromatic carbocycles. The van der Waals surface area contributed by atoms with Gasteiger partial charge < -0.3 is 10.7 Å². The predicted molar refractivity (Wildman–Crippen MR) is 122 cm³/mol. The summed E-state index contributed by atoms with van der Waals surface area (Å²) >= 11 is 0. The Balaban J connectivity index is 1.86. The average molecular weight is 426 g/mol. The number of nitrogens with zero attached hydrogens (tertiary/aromatic N) is 5. The van der Waals surface area contributed by atoms with E-state index >= 15 is 4.39 Å². The molecule has 0 radical (unpaired) electrons. The Morgan fingerprint density at radius 3 is 2.74 bits per heavy atom. The highest BCUT2D eigenvalue weighted by atomic mass is 19.1. The molecule has 0 saturated carbocycles. The highest BCUT2D eigenvalue weighted by Gasteiger charge is 2.28. The molecule has 1 aliphatic rings. The summed E-state index contributed by atoms with van der Waals surface area (Å²) in [5, 5.41) is 15.0. The van der Waals surface area contributed by atoms with Gasteiger partial charge in [0.25, 0.3) is 0 Å². The van der Waals surface area contributed by atoms with Crippen molar-refractivity contribution in [2.75, 3.05) is 24.5 Å². The zero-order chi connectivity index (χ0) is 22.5. The summed E-state index contributed by atoms with van der Waals surface area (Å²) in [5.74, 6) is 4.82. The fourth-order valence-electron chi connectivity index (χ4n) is 4.17. The molecule has 2 heterocycles. The van der Waals surface area contributed by atoms with Crippen LogP contribution >= 0.6 is 0 Å². The molecular formula is C23H32FN7. The summed E-state index contributed by atoms with van der Waals surface area (Å²) in [6.45, 7) is 11.5. The second kappa shape index (κ2) is 9.96. The average Bonchev–Trinajstić information content (AvgIpc) is 2.68. The first-order valence-electron chi connectivity index (χ1n) is 10.7. The fraction of sp³-hybridized carbons (Fsp3) is 0.478. The van der Waals surface area contributed by atoms with Crippen molar-refractivity contribution in [3.05, 3.63) is 58.7 Å². The minimum absolute atomic E-state index is 0.155. The number of pyridine rings is 1. The molecule has 0 spiro atoms. The van der Waals surface area contributed by atoms with Crippen LogP contribution in [0.25, 0.3) is 0 Å². The Hall–Kier alpha value is -2.87. The topological polar surface area (TPSA) is 94.0 Å². The van der Waals surface area contributed by atoms with Gasteiger partial charge in [-0.05, 0) is 61.6 Å². The molecule has 2 aromatic rings. The maximum atomic E-state index is 15.1. The van der Waals surface area contributed by atoms with Crippen LogP contribution in [0.5, 0.6) is 0 Å². The van der Waals surface area contributed by atoms with Crippen molar-refractivity contribution in [3.63, 3.8) is 0 Å². The van der Waals surface area contributed by atoms with Gasteiger partial charge in [0.1, 0.15) is 5.82 Å². The maximum absolute atomic E-state index is 15.1. The molecule has 166 valence electrons. The Labute approximate surface area is 183 Å². The first-order valence-corrected chi connectivity index (χ1v) is 10.7. The molecule has 31 heavy (non-hydrogen) atoms. The molecule has 1 aromatic heterocycles. The fourth-order valence-corrected chi connectivity index (χ4v) is 4.17. The molecule has 3 rings (SSSR count). The van der Waals surface area contributed by atoms with Crippen LogP contribution < -0.4 is 10.7 Å². The van der Waals surface area contributed by atoms with E-state index in [2.05, 4.69) is 58.9 Å². The molecule has 3 N–H and O–H groups in total. The summed E-state index contributed by atoms with van der Waals surface area (Å²) in [7, 11) is 0. The van der Waals surface area contributed by atoms with Gasteiger partial charge in [0.2, 0.25) is 0 Å². The molecule has 0 aliphatic carbocycles. The van der Waals surface area contributed by atoms with Gasteiger partial charge in [0.05, 0.1) is 16.9 Å². The predicted octanol–water partition coefficient (Wildman–Crippen LogP) is 4.09. The number of hydrogen-bond donors (Lipinski definition) is 2. The van der Waals surface area contributed by atoms with E-state index in [1.807, 2.05) is 18.3 Å². The van der Waals surface area contributed by atoms with Crippen molar-refractivity contribution in [1.29, 1.82) is 5.41 Å². The third-order valence-electron chi connectivity index (χ3n) is 5.61. The highest BCUT2D eigenvalue weighted by Crippen LogP contribution is 2.30. The van der Waals surface area contributed by atoms with Crippen LogP contribution in [0.2, 0.25) is 0 Å². The summed E-state index contributed by atoms with van der Waals surface area (Å²) in [6.07, 6.45) is 2.61. The zero-order valence-electron chi connectivity index (χ0n) is 18.8. The van der Waals surface area contributed by atoms with E-state index in [0.717, 1.165) is 43.9 Å². The van der Waals surface area contributed by atoms with Crippen molar-refractivity contribution in [3.8, 4) is 0 Å². The Bertz CT molecular complexity index is 957. The Kier molecular flexibility index (Phi) is 7.33. The van der Waals surface area contributed by atoms with Crippen LogP contribution in [0.15, 0.2) is 40.8 Å². The minimum atomic E-state index is -0.454. The lowest BCUT2D eigenvalue weighted by Crippen LogP contribution is -2.52. The van der Waals surface area contributed by atoms with Crippen LogP contribution in [-0.2, 0) is 13.0 Å². The lowest BCUT2D eigenvalue weighted by molar-refractivity contribution is 0.179. The van der Waals surface area contributed by atoms with Gasteiger partial charge in [-0.1, -0.05) is 19.1 Å². The van der Waals surface area contributed by atoms with E-state index in [0.29, 0.717) is 11.6 Å². The normalized spacial score (nSPS) is 17.6. The van der Waals surface area contributed by atoms with Crippen molar-refractivity contribution in [2.24, 2.45) is 22.1 Å². The third-order valence-corrected chi connectivity index (χ3v) is 5.61. The molecule has 0 amide bonds. The number of anilines is 1. The van der Waals surface area contributed by atoms with Gasteiger partial charge in [-0.3, -0.25) is 15.3 Å². The van der Waals surface area contributed by atoms with Crippen LogP contribution in [0.4, 0.5) is 10.1 Å². The molecule has 1 fully saturated rings. The zero-order valence-corrected chi connectivity index (χ0v) is 18.8. The van der Waals surface area contributed by atoms with Crippen LogP contribution in [0.3, 0.4) is 0 Å². The second-order valence-corrected chi connectivity index (χ2v) is 8.72. The maximum Gasteiger partial charge on any atom is 0.181 e. The summed E-state index contributed by atoms with van der Waals surface area (Å²) in [4.78, 5) is 9.02. The van der Waals surface area contributed by atoms with E-state index in [-0.39, 0.29) is 17.4 Å². The van der Waals surface area contributed by atoms with Crippen molar-refractivity contribution in [2.45, 2.75) is 46.7 Å². The molecule has 1 aliphatic heterocycles. The standard InChI is InChI=1S/C23H32FN7/c1-15(2)9-18-11-20(24)22(23(25)28-29-26)21(12-18)31-8-7-30(17(4)13-31)14-19-10-16(3)5-6-27-19/h5-6,10-12,15,17H,7-9,13-14H2,1-4H3,(H3,25,26,28)/t17-/m0/s1. The first kappa shape index (κ1) is 22.8. The third kappa shape index (κ3) is 5.64. The summed E-state index contributed by atoms with van der Waals surface area (Å²) in [6, 6.07) is 7.84. The number of hydrogen-bond acceptors (Lipinski definition) is 5. The van der Waals surface area contributed by atoms with Crippen molar-refractivity contribution >= 4 is 11.5 Å². The number of halogens is 1. The van der Waals surface area contributed by atoms with E-state index in [4.69, 9.17) is 11.3 Å². The number of aromatic nitrogens is 1. The summed E-state index contributed by atoms with van der Waals surface area (Å²) in [5.41, 5.74) is 4.01. The molecule has 0 bridgehead atoms. The summed E-state index contributed by atoms with van der Waals surface area (Å²) < 4.78 is 15.1. The number of piperazine rings is 1. The van der Waals surface area contributed by atoms with Gasteiger partial charge in [-0.25, -0.2) is 4.39 Å². The molecule has 0 unspecified atom stereocenters. The smallest absolute Gasteiger partial charge is 0.181 e.